The Morgan fingerprint density at radius 2 is 1.87 bits per heavy atom. The molecule has 0 aromatic heterocycles. The standard InChI is InChI=1S/C24H33N3O3S/c1-17-6-5-7-22(12-17)26-11-10-25(15-19(26)3)16-24(28)20-8-9-23-21(14-20)13-18(2)27(23)31(4,29)30/h5-9,12,14,18-19,24,28H,10-11,13,15-16H2,1-4H3/t18-,19-,24+/m1/s1. The molecular formula is C24H33N3O3S. The van der Waals surface area contributed by atoms with E-state index in [1.54, 1.807) is 0 Å². The number of fused-ring (bicyclic) bond motifs is 1. The predicted molar refractivity (Wildman–Crippen MR) is 126 cm³/mol. The number of rotatable bonds is 5. The van der Waals surface area contributed by atoms with Crippen LogP contribution in [0.1, 0.15) is 36.6 Å². The highest BCUT2D eigenvalue weighted by Gasteiger charge is 2.33. The van der Waals surface area contributed by atoms with Crippen LogP contribution in [0, 0.1) is 6.92 Å². The summed E-state index contributed by atoms with van der Waals surface area (Å²) >= 11 is 0. The zero-order valence-corrected chi connectivity index (χ0v) is 19.6. The molecule has 6 nitrogen and oxygen atoms in total. The molecule has 0 saturated carbocycles. The Kier molecular flexibility index (Phi) is 6.03. The first-order valence-corrected chi connectivity index (χ1v) is 12.8. The summed E-state index contributed by atoms with van der Waals surface area (Å²) in [7, 11) is -3.30. The lowest BCUT2D eigenvalue weighted by atomic mass is 10.0. The van der Waals surface area contributed by atoms with Gasteiger partial charge in [-0.2, -0.15) is 0 Å². The van der Waals surface area contributed by atoms with Crippen molar-refractivity contribution >= 4 is 21.4 Å². The summed E-state index contributed by atoms with van der Waals surface area (Å²) < 4.78 is 25.8. The molecule has 2 aliphatic rings. The predicted octanol–water partition coefficient (Wildman–Crippen LogP) is 2.95. The summed E-state index contributed by atoms with van der Waals surface area (Å²) in [5.74, 6) is 0. The van der Waals surface area contributed by atoms with Crippen molar-refractivity contribution in [1.82, 2.24) is 4.90 Å². The average Bonchev–Trinajstić information content (AvgIpc) is 3.03. The molecule has 0 bridgehead atoms. The Balaban J connectivity index is 1.42. The molecule has 168 valence electrons. The summed E-state index contributed by atoms with van der Waals surface area (Å²) in [5.41, 5.74) is 5.12. The van der Waals surface area contributed by atoms with Crippen LogP contribution < -0.4 is 9.21 Å². The molecule has 2 aromatic carbocycles. The van der Waals surface area contributed by atoms with Crippen LogP contribution in [0.25, 0.3) is 0 Å². The van der Waals surface area contributed by atoms with Gasteiger partial charge in [0.15, 0.2) is 0 Å². The Morgan fingerprint density at radius 3 is 2.55 bits per heavy atom. The number of nitrogens with zero attached hydrogens (tertiary/aromatic N) is 3. The SMILES string of the molecule is Cc1cccc(N2CCN(C[C@H](O)c3ccc4c(c3)C[C@@H](C)N4S(C)(=O)=O)C[C@H]2C)c1. The number of sulfonamides is 1. The van der Waals surface area contributed by atoms with Gasteiger partial charge in [0, 0.05) is 44.0 Å². The Hall–Kier alpha value is -2.09. The third kappa shape index (κ3) is 4.59. The molecule has 0 radical (unpaired) electrons. The maximum Gasteiger partial charge on any atom is 0.232 e. The lowest BCUT2D eigenvalue weighted by Gasteiger charge is -2.42. The fourth-order valence-electron chi connectivity index (χ4n) is 5.07. The highest BCUT2D eigenvalue weighted by atomic mass is 32.2. The minimum absolute atomic E-state index is 0.0899. The topological polar surface area (TPSA) is 64.1 Å². The van der Waals surface area contributed by atoms with Gasteiger partial charge in [0.1, 0.15) is 0 Å². The number of hydrogen-bond donors (Lipinski definition) is 1. The number of benzene rings is 2. The van der Waals surface area contributed by atoms with E-state index in [-0.39, 0.29) is 6.04 Å². The zero-order valence-electron chi connectivity index (χ0n) is 18.8. The van der Waals surface area contributed by atoms with Gasteiger partial charge >= 0.3 is 0 Å². The van der Waals surface area contributed by atoms with Crippen LogP contribution in [0.15, 0.2) is 42.5 Å². The van der Waals surface area contributed by atoms with Gasteiger partial charge in [-0.1, -0.05) is 24.3 Å². The fourth-order valence-corrected chi connectivity index (χ4v) is 6.34. The Morgan fingerprint density at radius 1 is 1.10 bits per heavy atom. The van der Waals surface area contributed by atoms with Crippen LogP contribution in [0.2, 0.25) is 0 Å². The van der Waals surface area contributed by atoms with Crippen molar-refractivity contribution < 1.29 is 13.5 Å². The van der Waals surface area contributed by atoms with Gasteiger partial charge in [0.2, 0.25) is 10.0 Å². The second-order valence-electron chi connectivity index (χ2n) is 9.16. The molecule has 31 heavy (non-hydrogen) atoms. The van der Waals surface area contributed by atoms with E-state index < -0.39 is 16.1 Å². The van der Waals surface area contributed by atoms with Crippen molar-refractivity contribution in [3.05, 3.63) is 59.2 Å². The van der Waals surface area contributed by atoms with Crippen molar-refractivity contribution in [3.8, 4) is 0 Å². The number of piperazine rings is 1. The molecule has 0 amide bonds. The van der Waals surface area contributed by atoms with Crippen molar-refractivity contribution in [3.63, 3.8) is 0 Å². The van der Waals surface area contributed by atoms with Crippen LogP contribution in [0.3, 0.4) is 0 Å². The number of anilines is 2. The van der Waals surface area contributed by atoms with Crippen LogP contribution in [0.5, 0.6) is 0 Å². The molecule has 1 N–H and O–H groups in total. The molecule has 1 fully saturated rings. The molecule has 0 spiro atoms. The van der Waals surface area contributed by atoms with Crippen molar-refractivity contribution in [1.29, 1.82) is 0 Å². The highest BCUT2D eigenvalue weighted by molar-refractivity contribution is 7.92. The van der Waals surface area contributed by atoms with Crippen molar-refractivity contribution in [2.45, 2.75) is 45.4 Å². The maximum atomic E-state index is 12.1. The molecule has 2 heterocycles. The number of aliphatic hydroxyl groups is 1. The first-order chi connectivity index (χ1) is 14.6. The lowest BCUT2D eigenvalue weighted by molar-refractivity contribution is 0.102. The number of aryl methyl sites for hydroxylation is 1. The molecule has 0 aliphatic carbocycles. The lowest BCUT2D eigenvalue weighted by Crippen LogP contribution is -2.52. The summed E-state index contributed by atoms with van der Waals surface area (Å²) in [6.07, 6.45) is 1.33. The fraction of sp³-hybridized carbons (Fsp3) is 0.500. The Bertz CT molecular complexity index is 1060. The van der Waals surface area contributed by atoms with Crippen LogP contribution in [-0.2, 0) is 16.4 Å². The van der Waals surface area contributed by atoms with Crippen molar-refractivity contribution in [2.24, 2.45) is 0 Å². The molecule has 3 atom stereocenters. The Labute approximate surface area is 186 Å². The number of β-amino-alcohol motifs (C(OH)–C–C–N with tert-alkyl or cyclic N) is 1. The van der Waals surface area contributed by atoms with Crippen LogP contribution >= 0.6 is 0 Å². The minimum atomic E-state index is -3.30. The van der Waals surface area contributed by atoms with Gasteiger partial charge in [0.25, 0.3) is 0 Å². The van der Waals surface area contributed by atoms with E-state index >= 15 is 0 Å². The minimum Gasteiger partial charge on any atom is -0.387 e. The third-order valence-corrected chi connectivity index (χ3v) is 7.75. The van der Waals surface area contributed by atoms with Gasteiger partial charge < -0.3 is 10.0 Å². The summed E-state index contributed by atoms with van der Waals surface area (Å²) in [5, 5.41) is 10.9. The summed E-state index contributed by atoms with van der Waals surface area (Å²) in [6.45, 7) is 9.59. The van der Waals surface area contributed by atoms with Crippen molar-refractivity contribution in [2.75, 3.05) is 41.6 Å². The van der Waals surface area contributed by atoms with Gasteiger partial charge in [-0.25, -0.2) is 8.42 Å². The molecule has 2 aliphatic heterocycles. The van der Waals surface area contributed by atoms with E-state index in [2.05, 4.69) is 47.9 Å². The van der Waals surface area contributed by atoms with Crippen LogP contribution in [-0.4, -0.2) is 62.9 Å². The monoisotopic (exact) mass is 443 g/mol. The van der Waals surface area contributed by atoms with E-state index in [9.17, 15) is 13.5 Å². The molecule has 2 aromatic rings. The largest absolute Gasteiger partial charge is 0.387 e. The van der Waals surface area contributed by atoms with Gasteiger partial charge in [0.05, 0.1) is 18.0 Å². The number of aliphatic hydroxyl groups excluding tert-OH is 1. The van der Waals surface area contributed by atoms with E-state index in [0.717, 1.165) is 36.4 Å². The quantitative estimate of drug-likeness (QED) is 0.770. The zero-order chi connectivity index (χ0) is 22.3. The van der Waals surface area contributed by atoms with E-state index in [1.807, 2.05) is 25.1 Å². The number of hydrogen-bond acceptors (Lipinski definition) is 5. The maximum absolute atomic E-state index is 12.1. The highest BCUT2D eigenvalue weighted by Crippen LogP contribution is 2.36. The normalized spacial score (nSPS) is 23.1. The first-order valence-electron chi connectivity index (χ1n) is 11.0. The van der Waals surface area contributed by atoms with Gasteiger partial charge in [-0.3, -0.25) is 9.21 Å². The van der Waals surface area contributed by atoms with E-state index in [0.29, 0.717) is 19.0 Å². The summed E-state index contributed by atoms with van der Waals surface area (Å²) in [6, 6.07) is 14.6. The molecule has 0 unspecified atom stereocenters. The molecule has 4 rings (SSSR count). The van der Waals surface area contributed by atoms with Gasteiger partial charge in [-0.05, 0) is 62.1 Å². The molecule has 7 heteroatoms. The third-order valence-electron chi connectivity index (χ3n) is 6.47. The molecule has 1 saturated heterocycles. The van der Waals surface area contributed by atoms with E-state index in [4.69, 9.17) is 0 Å². The van der Waals surface area contributed by atoms with Gasteiger partial charge in [-0.15, -0.1) is 0 Å². The molecular weight excluding hydrogens is 410 g/mol. The smallest absolute Gasteiger partial charge is 0.232 e. The second kappa shape index (κ2) is 8.45. The van der Waals surface area contributed by atoms with Crippen LogP contribution in [0.4, 0.5) is 11.4 Å². The average molecular weight is 444 g/mol. The summed E-state index contributed by atoms with van der Waals surface area (Å²) in [4.78, 5) is 4.76. The second-order valence-corrected chi connectivity index (χ2v) is 11.0. The first kappa shape index (κ1) is 22.1. The van der Waals surface area contributed by atoms with E-state index in [1.165, 1.54) is 21.8 Å².